The van der Waals surface area contributed by atoms with Crippen LogP contribution < -0.4 is 0 Å². The fourth-order valence-electron chi connectivity index (χ4n) is 7.01. The molecule has 0 aromatic heterocycles. The van der Waals surface area contributed by atoms with Crippen molar-refractivity contribution in [3.05, 3.63) is 71.8 Å². The summed E-state index contributed by atoms with van der Waals surface area (Å²) in [5.41, 5.74) is 1.82. The monoisotopic (exact) mass is 822 g/mol. The average molecular weight is 823 g/mol. The molecule has 0 radical (unpaired) electrons. The van der Waals surface area contributed by atoms with E-state index in [1.54, 1.807) is 27.7 Å². The van der Waals surface area contributed by atoms with Gasteiger partial charge in [-0.1, -0.05) is 60.7 Å². The smallest absolute Gasteiger partial charge is 0.345 e. The molecule has 0 spiro atoms. The Hall–Kier alpha value is -1.16. The summed E-state index contributed by atoms with van der Waals surface area (Å²) in [5, 5.41) is 0. The number of hydrogen-bond donors (Lipinski definition) is 0. The highest BCUT2D eigenvalue weighted by Crippen LogP contribution is 2.91. The van der Waals surface area contributed by atoms with E-state index in [4.69, 9.17) is 59.9 Å². The van der Waals surface area contributed by atoms with Crippen LogP contribution in [0.3, 0.4) is 0 Å². The highest BCUT2D eigenvalue weighted by molar-refractivity contribution is 7.91. The predicted octanol–water partition coefficient (Wildman–Crippen LogP) is 6.71. The van der Waals surface area contributed by atoms with E-state index in [-0.39, 0.29) is 13.2 Å². The largest absolute Gasteiger partial charge is 0.357 e. The third-order valence-electron chi connectivity index (χ3n) is 9.04. The van der Waals surface area contributed by atoms with Gasteiger partial charge in [0.25, 0.3) is 0 Å². The lowest BCUT2D eigenvalue weighted by molar-refractivity contribution is -0.238. The van der Waals surface area contributed by atoms with Crippen LogP contribution >= 0.6 is 30.4 Å². The lowest BCUT2D eigenvalue weighted by atomic mass is 10.1. The van der Waals surface area contributed by atoms with Gasteiger partial charge in [-0.15, -0.1) is 0 Å². The summed E-state index contributed by atoms with van der Waals surface area (Å²) >= 11 is 0. The molecule has 6 heterocycles. The van der Waals surface area contributed by atoms with E-state index in [0.29, 0.717) is 0 Å². The normalized spacial score (nSPS) is 43.8. The van der Waals surface area contributed by atoms with Gasteiger partial charge in [-0.2, -0.15) is 0 Å². The highest BCUT2D eigenvalue weighted by Gasteiger charge is 2.65. The molecule has 6 aliphatic rings. The molecule has 53 heavy (non-hydrogen) atoms. The maximum absolute atomic E-state index is 13.9. The first-order chi connectivity index (χ1) is 25.0. The number of ether oxygens (including phenoxy) is 8. The van der Waals surface area contributed by atoms with Crippen molar-refractivity contribution in [2.24, 2.45) is 0 Å². The molecular formula is C32H42O17P4. The summed E-state index contributed by atoms with van der Waals surface area (Å²) in [7, 11) is -18.1. The van der Waals surface area contributed by atoms with Gasteiger partial charge in [0.15, 0.2) is 36.0 Å². The fraction of sp³-hybridized carbons (Fsp3) is 0.625. The third-order valence-corrected chi connectivity index (χ3v) is 21.6. The molecular weight excluding hydrogens is 780 g/mol. The zero-order chi connectivity index (χ0) is 37.3. The predicted molar refractivity (Wildman–Crippen MR) is 183 cm³/mol. The van der Waals surface area contributed by atoms with E-state index in [9.17, 15) is 18.3 Å². The number of fused-ring (bicyclic) bond motifs is 4. The van der Waals surface area contributed by atoms with Gasteiger partial charge in [0.1, 0.15) is 36.6 Å². The second-order valence-corrected chi connectivity index (χ2v) is 24.0. The second-order valence-electron chi connectivity index (χ2n) is 14.4. The van der Waals surface area contributed by atoms with Crippen LogP contribution in [0.2, 0.25) is 0 Å². The molecule has 2 aromatic carbocycles. The Kier molecular flexibility index (Phi) is 10.5. The molecule has 0 saturated carbocycles. The van der Waals surface area contributed by atoms with Crippen molar-refractivity contribution in [2.75, 3.05) is 25.0 Å². The lowest BCUT2D eigenvalue weighted by Crippen LogP contribution is -2.33. The van der Waals surface area contributed by atoms with Gasteiger partial charge in [0.05, 0.1) is 26.4 Å². The van der Waals surface area contributed by atoms with Crippen LogP contribution in [-0.4, -0.2) is 85.8 Å². The van der Waals surface area contributed by atoms with E-state index in [1.165, 1.54) is 0 Å². The Labute approximate surface area is 306 Å². The molecule has 2 bridgehead atoms. The van der Waals surface area contributed by atoms with Gasteiger partial charge in [-0.05, 0) is 38.8 Å². The van der Waals surface area contributed by atoms with Crippen molar-refractivity contribution >= 4 is 30.4 Å². The van der Waals surface area contributed by atoms with Crippen molar-refractivity contribution < 1.29 is 78.1 Å². The minimum atomic E-state index is -4.60. The van der Waals surface area contributed by atoms with E-state index >= 15 is 0 Å². The summed E-state index contributed by atoms with van der Waals surface area (Å²) in [6.45, 7) is 6.61. The molecule has 6 saturated heterocycles. The minimum Gasteiger partial charge on any atom is -0.345 e. The Morgan fingerprint density at radius 1 is 0.566 bits per heavy atom. The number of benzene rings is 2. The van der Waals surface area contributed by atoms with Crippen molar-refractivity contribution in [1.29, 1.82) is 0 Å². The molecule has 12 atom stereocenters. The maximum atomic E-state index is 13.9. The summed E-state index contributed by atoms with van der Waals surface area (Å²) in [6.07, 6.45) is -6.08. The van der Waals surface area contributed by atoms with E-state index in [1.807, 2.05) is 60.7 Å². The maximum Gasteiger partial charge on any atom is 0.357 e. The number of rotatable bonds is 12. The molecule has 0 amide bonds. The van der Waals surface area contributed by atoms with Gasteiger partial charge >= 0.3 is 30.4 Å². The molecule has 2 aromatic rings. The zero-order valence-electron chi connectivity index (χ0n) is 29.4. The second kappa shape index (κ2) is 14.3. The lowest BCUT2D eigenvalue weighted by Gasteiger charge is -2.39. The van der Waals surface area contributed by atoms with E-state index in [2.05, 4.69) is 0 Å². The topological polar surface area (TPSA) is 188 Å². The third kappa shape index (κ3) is 8.59. The van der Waals surface area contributed by atoms with Crippen molar-refractivity contribution in [3.8, 4) is 0 Å². The standard InChI is InChI=1S/C32H42O17P4/c1-31(2)43-25-23(41-29(27(25)45-31)37-15-21-11-7-5-8-12-21)17-39-50(33)19-52(35)48-51(34,20-53(36,47-50)49-52)40-18-24-26-28(46-32(3,4)44-26)30(42-24)38-16-22-13-9-6-10-14-22/h5-14,23-30H,15-20H2,1-4H3/t23-,24-,25?,26?,27?,28?,29-,30-,50?,51?,52?,53?/m1/s1. The van der Waals surface area contributed by atoms with Gasteiger partial charge < -0.3 is 46.9 Å². The molecule has 0 N–H and O–H groups in total. The first-order valence-electron chi connectivity index (χ1n) is 17.1. The van der Waals surface area contributed by atoms with Crippen LogP contribution in [0.4, 0.5) is 0 Å². The Morgan fingerprint density at radius 2 is 0.943 bits per heavy atom. The number of hydrogen-bond acceptors (Lipinski definition) is 17. The van der Waals surface area contributed by atoms with Crippen LogP contribution in [0, 0.1) is 0 Å². The summed E-state index contributed by atoms with van der Waals surface area (Å²) in [6, 6.07) is 18.9. The summed E-state index contributed by atoms with van der Waals surface area (Å²) in [4.78, 5) is 0. The Balaban J connectivity index is 0.894. The molecule has 292 valence electrons. The van der Waals surface area contributed by atoms with Gasteiger partial charge in [-0.3, -0.25) is 18.3 Å². The van der Waals surface area contributed by atoms with Crippen molar-refractivity contribution in [2.45, 2.75) is 102 Å². The first-order valence-corrected chi connectivity index (χ1v) is 24.0. The Morgan fingerprint density at radius 3 is 1.34 bits per heavy atom. The van der Waals surface area contributed by atoms with Crippen LogP contribution in [0.5, 0.6) is 0 Å². The molecule has 8 rings (SSSR count). The quantitative estimate of drug-likeness (QED) is 0.205. The molecule has 6 aliphatic heterocycles. The van der Waals surface area contributed by atoms with Gasteiger partial charge in [0.2, 0.25) is 0 Å². The summed E-state index contributed by atoms with van der Waals surface area (Å²) in [5.74, 6) is -3.89. The highest BCUT2D eigenvalue weighted by atomic mass is 31.3. The van der Waals surface area contributed by atoms with E-state index in [0.717, 1.165) is 11.1 Å². The molecule has 8 unspecified atom stereocenters. The SMILES string of the molecule is CC1(C)OC2C(O1)[C@@H](COP1(=O)CP3(=O)OP(=O)(OC[C@H]4O[C@@H](OCc5ccccc5)C5OC(C)(C)OC54)CP(=O)(O1)O3)O[C@H]2OCc1ccccc1. The fourth-order valence-corrected chi connectivity index (χ4v) is 21.5. The molecule has 0 aliphatic carbocycles. The summed E-state index contributed by atoms with van der Waals surface area (Å²) < 4.78 is 131. The van der Waals surface area contributed by atoms with Crippen molar-refractivity contribution in [1.82, 2.24) is 0 Å². The zero-order valence-corrected chi connectivity index (χ0v) is 32.9. The van der Waals surface area contributed by atoms with Crippen LogP contribution in [0.15, 0.2) is 60.7 Å². The van der Waals surface area contributed by atoms with Crippen molar-refractivity contribution in [3.63, 3.8) is 0 Å². The molecule has 17 nitrogen and oxygen atoms in total. The van der Waals surface area contributed by atoms with Gasteiger partial charge in [-0.25, -0.2) is 12.9 Å². The van der Waals surface area contributed by atoms with Crippen LogP contribution in [0.1, 0.15) is 38.8 Å². The van der Waals surface area contributed by atoms with Gasteiger partial charge in [0, 0.05) is 0 Å². The van der Waals surface area contributed by atoms with E-state index < -0.39 is 116 Å². The minimum absolute atomic E-state index is 0.229. The first kappa shape index (κ1) is 38.7. The van der Waals surface area contributed by atoms with Crippen LogP contribution in [0.25, 0.3) is 0 Å². The van der Waals surface area contributed by atoms with Crippen LogP contribution in [-0.2, 0) is 91.3 Å². The molecule has 6 fully saturated rings. The average Bonchev–Trinajstić information content (AvgIpc) is 3.76. The Bertz CT molecular complexity index is 1690. The molecule has 21 heteroatoms.